The van der Waals surface area contributed by atoms with E-state index >= 15 is 0 Å². The van der Waals surface area contributed by atoms with Gasteiger partial charge >= 0.3 is 0 Å². The Bertz CT molecular complexity index is 382. The first-order valence-corrected chi connectivity index (χ1v) is 3.68. The van der Waals surface area contributed by atoms with Crippen LogP contribution < -0.4 is 5.62 Å². The van der Waals surface area contributed by atoms with Crippen molar-refractivity contribution in [2.45, 2.75) is 20.4 Å². The van der Waals surface area contributed by atoms with Crippen molar-refractivity contribution in [2.75, 3.05) is 0 Å². The van der Waals surface area contributed by atoms with E-state index in [0.717, 1.165) is 11.4 Å². The standard InChI is InChI=1S/C9H11N3/c1-4-5-12-8(3)6-7(2)11-9(12)10/h1,6,10H,5H2,2-3H3. The number of hydrogen-bond acceptors (Lipinski definition) is 2. The minimum absolute atomic E-state index is 0.227. The lowest BCUT2D eigenvalue weighted by Crippen LogP contribution is -2.25. The number of nitrogens with one attached hydrogen (secondary N) is 1. The number of nitrogens with zero attached hydrogens (tertiary/aromatic N) is 2. The van der Waals surface area contributed by atoms with Gasteiger partial charge in [0.15, 0.2) is 0 Å². The Balaban J connectivity index is 3.31. The van der Waals surface area contributed by atoms with E-state index < -0.39 is 0 Å². The van der Waals surface area contributed by atoms with Crippen molar-refractivity contribution >= 4 is 0 Å². The Hall–Kier alpha value is -1.56. The predicted octanol–water partition coefficient (Wildman–Crippen LogP) is 0.613. The summed E-state index contributed by atoms with van der Waals surface area (Å²) in [5, 5.41) is 7.51. The maximum atomic E-state index is 7.51. The van der Waals surface area contributed by atoms with Crippen LogP contribution in [-0.4, -0.2) is 9.55 Å². The molecule has 0 aliphatic rings. The lowest BCUT2D eigenvalue weighted by atomic mass is 10.3. The number of terminal acetylenes is 1. The zero-order valence-corrected chi connectivity index (χ0v) is 7.26. The third-order valence-corrected chi connectivity index (χ3v) is 1.63. The summed E-state index contributed by atoms with van der Waals surface area (Å²) in [5.41, 5.74) is 2.06. The van der Waals surface area contributed by atoms with E-state index in [0.29, 0.717) is 6.54 Å². The third kappa shape index (κ3) is 1.54. The van der Waals surface area contributed by atoms with Crippen LogP contribution in [0, 0.1) is 31.6 Å². The zero-order valence-electron chi connectivity index (χ0n) is 7.26. The van der Waals surface area contributed by atoms with Crippen molar-refractivity contribution < 1.29 is 0 Å². The second-order valence-corrected chi connectivity index (χ2v) is 2.65. The zero-order chi connectivity index (χ0) is 9.14. The molecule has 0 amide bonds. The molecule has 0 bridgehead atoms. The molecule has 0 radical (unpaired) electrons. The fraction of sp³-hybridized carbons (Fsp3) is 0.333. The van der Waals surface area contributed by atoms with Crippen LogP contribution in [0.15, 0.2) is 6.07 Å². The third-order valence-electron chi connectivity index (χ3n) is 1.63. The average molecular weight is 161 g/mol. The number of rotatable bonds is 1. The van der Waals surface area contributed by atoms with E-state index in [1.54, 1.807) is 4.57 Å². The maximum Gasteiger partial charge on any atom is 0.223 e. The molecule has 1 rings (SSSR count). The molecule has 0 fully saturated rings. The summed E-state index contributed by atoms with van der Waals surface area (Å²) in [7, 11) is 0. The molecule has 0 aliphatic heterocycles. The molecule has 0 spiro atoms. The molecule has 0 unspecified atom stereocenters. The van der Waals surface area contributed by atoms with Crippen molar-refractivity contribution in [3.63, 3.8) is 0 Å². The van der Waals surface area contributed by atoms with Crippen LogP contribution in [0.3, 0.4) is 0 Å². The van der Waals surface area contributed by atoms with Crippen molar-refractivity contribution in [3.05, 3.63) is 23.1 Å². The summed E-state index contributed by atoms with van der Waals surface area (Å²) in [6.45, 7) is 4.20. The van der Waals surface area contributed by atoms with E-state index in [2.05, 4.69) is 10.9 Å². The van der Waals surface area contributed by atoms with E-state index in [9.17, 15) is 0 Å². The molecule has 1 aromatic rings. The Morgan fingerprint density at radius 3 is 2.83 bits per heavy atom. The Kier molecular flexibility index (Phi) is 2.29. The normalized spacial score (nSPS) is 9.42. The van der Waals surface area contributed by atoms with Gasteiger partial charge in [-0.25, -0.2) is 4.98 Å². The fourth-order valence-electron chi connectivity index (χ4n) is 1.10. The summed E-state index contributed by atoms with van der Waals surface area (Å²) in [5.74, 6) is 2.49. The summed E-state index contributed by atoms with van der Waals surface area (Å²) in [6, 6.07) is 1.91. The van der Waals surface area contributed by atoms with Gasteiger partial charge in [0, 0.05) is 11.4 Å². The lowest BCUT2D eigenvalue weighted by molar-refractivity contribution is 0.686. The molecule has 62 valence electrons. The van der Waals surface area contributed by atoms with Crippen LogP contribution in [0.5, 0.6) is 0 Å². The summed E-state index contributed by atoms with van der Waals surface area (Å²) in [6.07, 6.45) is 5.15. The molecule has 1 heterocycles. The van der Waals surface area contributed by atoms with Gasteiger partial charge in [0.2, 0.25) is 5.62 Å². The van der Waals surface area contributed by atoms with Crippen LogP contribution in [0.2, 0.25) is 0 Å². The van der Waals surface area contributed by atoms with Crippen LogP contribution in [0.1, 0.15) is 11.4 Å². The van der Waals surface area contributed by atoms with Crippen molar-refractivity contribution in [3.8, 4) is 12.3 Å². The number of hydrogen-bond donors (Lipinski definition) is 1. The average Bonchev–Trinajstić information content (AvgIpc) is 1.96. The molecule has 0 saturated heterocycles. The molecule has 0 aromatic carbocycles. The molecule has 12 heavy (non-hydrogen) atoms. The Morgan fingerprint density at radius 2 is 2.33 bits per heavy atom. The van der Waals surface area contributed by atoms with Crippen molar-refractivity contribution in [2.24, 2.45) is 0 Å². The summed E-state index contributed by atoms with van der Waals surface area (Å²) >= 11 is 0. The molecule has 3 nitrogen and oxygen atoms in total. The largest absolute Gasteiger partial charge is 0.303 e. The van der Waals surface area contributed by atoms with Gasteiger partial charge in [0.1, 0.15) is 0 Å². The van der Waals surface area contributed by atoms with Gasteiger partial charge in [-0.2, -0.15) is 0 Å². The smallest absolute Gasteiger partial charge is 0.223 e. The molecule has 0 aliphatic carbocycles. The number of aryl methyl sites for hydroxylation is 2. The molecule has 1 N–H and O–H groups in total. The highest BCUT2D eigenvalue weighted by Gasteiger charge is 1.97. The van der Waals surface area contributed by atoms with Crippen LogP contribution in [0.4, 0.5) is 0 Å². The van der Waals surface area contributed by atoms with E-state index in [1.807, 2.05) is 19.9 Å². The molecular weight excluding hydrogens is 150 g/mol. The monoisotopic (exact) mass is 161 g/mol. The van der Waals surface area contributed by atoms with Gasteiger partial charge in [-0.15, -0.1) is 6.42 Å². The van der Waals surface area contributed by atoms with Gasteiger partial charge in [-0.1, -0.05) is 5.92 Å². The van der Waals surface area contributed by atoms with Gasteiger partial charge in [-0.3, -0.25) is 5.41 Å². The summed E-state index contributed by atoms with van der Waals surface area (Å²) < 4.78 is 1.69. The first-order valence-electron chi connectivity index (χ1n) is 3.68. The second-order valence-electron chi connectivity index (χ2n) is 2.65. The molecule has 1 aromatic heterocycles. The second kappa shape index (κ2) is 3.22. The van der Waals surface area contributed by atoms with Crippen molar-refractivity contribution in [1.82, 2.24) is 9.55 Å². The van der Waals surface area contributed by atoms with Crippen LogP contribution in [0.25, 0.3) is 0 Å². The minimum atomic E-state index is 0.227. The maximum absolute atomic E-state index is 7.51. The van der Waals surface area contributed by atoms with Gasteiger partial charge < -0.3 is 4.57 Å². The SMILES string of the molecule is C#CCn1c(C)cc(C)nc1=N. The number of aromatic nitrogens is 2. The minimum Gasteiger partial charge on any atom is -0.303 e. The lowest BCUT2D eigenvalue weighted by Gasteiger charge is -2.06. The molecule has 0 atom stereocenters. The highest BCUT2D eigenvalue weighted by molar-refractivity contribution is 5.07. The van der Waals surface area contributed by atoms with Crippen molar-refractivity contribution in [1.29, 1.82) is 5.41 Å². The summed E-state index contributed by atoms with van der Waals surface area (Å²) in [4.78, 5) is 3.99. The van der Waals surface area contributed by atoms with E-state index in [4.69, 9.17) is 11.8 Å². The Morgan fingerprint density at radius 1 is 1.67 bits per heavy atom. The molecular formula is C9H11N3. The van der Waals surface area contributed by atoms with Gasteiger partial charge in [-0.05, 0) is 19.9 Å². The Labute approximate surface area is 71.6 Å². The van der Waals surface area contributed by atoms with Crippen LogP contribution in [-0.2, 0) is 6.54 Å². The fourth-order valence-corrected chi connectivity index (χ4v) is 1.10. The topological polar surface area (TPSA) is 41.7 Å². The first kappa shape index (κ1) is 8.54. The van der Waals surface area contributed by atoms with Gasteiger partial charge in [0.25, 0.3) is 0 Å². The highest BCUT2D eigenvalue weighted by Crippen LogP contribution is 1.95. The quantitative estimate of drug-likeness (QED) is 0.602. The highest BCUT2D eigenvalue weighted by atomic mass is 15.1. The van der Waals surface area contributed by atoms with E-state index in [1.165, 1.54) is 0 Å². The molecule has 3 heteroatoms. The predicted molar refractivity (Wildman–Crippen MR) is 46.4 cm³/mol. The van der Waals surface area contributed by atoms with Gasteiger partial charge in [0.05, 0.1) is 6.54 Å². The first-order chi connectivity index (χ1) is 5.65. The van der Waals surface area contributed by atoms with E-state index in [-0.39, 0.29) is 5.62 Å². The molecule has 0 saturated carbocycles. The van der Waals surface area contributed by atoms with Crippen LogP contribution >= 0.6 is 0 Å².